The number of thiazole rings is 1. The minimum atomic E-state index is -0.516. The molecule has 0 bridgehead atoms. The molecule has 2 aromatic heterocycles. The largest absolute Gasteiger partial charge is 0.465 e. The highest BCUT2D eigenvalue weighted by Crippen LogP contribution is 2.20. The van der Waals surface area contributed by atoms with E-state index in [1.54, 1.807) is 31.2 Å². The van der Waals surface area contributed by atoms with Gasteiger partial charge in [0.15, 0.2) is 4.80 Å². The number of carbonyl (C=O) groups excluding carboxylic acids is 2. The van der Waals surface area contributed by atoms with Gasteiger partial charge in [-0.25, -0.2) is 4.79 Å². The summed E-state index contributed by atoms with van der Waals surface area (Å²) in [5, 5.41) is 3.69. The number of allylic oxidation sites excluding steroid dienone is 1. The van der Waals surface area contributed by atoms with Gasteiger partial charge in [0.2, 0.25) is 5.76 Å². The monoisotopic (exact) mass is 357 g/mol. The first kappa shape index (κ1) is 16.8. The zero-order valence-electron chi connectivity index (χ0n) is 13.7. The van der Waals surface area contributed by atoms with Gasteiger partial charge in [-0.2, -0.15) is 4.99 Å². The van der Waals surface area contributed by atoms with E-state index in [-0.39, 0.29) is 5.76 Å². The number of nitrogens with zero attached hydrogens (tertiary/aromatic N) is 3. The van der Waals surface area contributed by atoms with E-state index in [0.717, 1.165) is 10.2 Å². The molecule has 2 heterocycles. The second-order valence-corrected chi connectivity index (χ2v) is 6.22. The van der Waals surface area contributed by atoms with Gasteiger partial charge in [-0.1, -0.05) is 22.6 Å². The van der Waals surface area contributed by atoms with Crippen LogP contribution < -0.4 is 4.80 Å². The third-order valence-corrected chi connectivity index (χ3v) is 4.49. The van der Waals surface area contributed by atoms with E-state index >= 15 is 0 Å². The maximum absolute atomic E-state index is 12.3. The van der Waals surface area contributed by atoms with Gasteiger partial charge in [0.25, 0.3) is 0 Å². The van der Waals surface area contributed by atoms with Crippen molar-refractivity contribution in [2.75, 3.05) is 7.11 Å². The fraction of sp³-hybridized carbons (Fsp3) is 0.176. The Balaban J connectivity index is 2.14. The summed E-state index contributed by atoms with van der Waals surface area (Å²) >= 11 is 1.29. The molecule has 0 saturated heterocycles. The Labute approximate surface area is 146 Å². The molecule has 0 spiro atoms. The Morgan fingerprint density at radius 1 is 1.44 bits per heavy atom. The molecule has 0 fully saturated rings. The van der Waals surface area contributed by atoms with E-state index in [9.17, 15) is 9.59 Å². The van der Waals surface area contributed by atoms with Crippen LogP contribution in [0.3, 0.4) is 0 Å². The Hall–Kier alpha value is -3.00. The average Bonchev–Trinajstić information content (AvgIpc) is 3.18. The maximum Gasteiger partial charge on any atom is 0.337 e. The van der Waals surface area contributed by atoms with Crippen molar-refractivity contribution in [2.24, 2.45) is 4.99 Å². The van der Waals surface area contributed by atoms with Crippen molar-refractivity contribution >= 4 is 33.4 Å². The molecule has 8 heteroatoms. The number of amides is 1. The van der Waals surface area contributed by atoms with Crippen molar-refractivity contribution in [1.29, 1.82) is 0 Å². The number of benzene rings is 1. The molecule has 0 saturated carbocycles. The highest BCUT2D eigenvalue weighted by molar-refractivity contribution is 7.16. The lowest BCUT2D eigenvalue weighted by atomic mass is 10.2. The van der Waals surface area contributed by atoms with Crippen molar-refractivity contribution < 1.29 is 18.8 Å². The number of methoxy groups -OCH3 is 1. The second-order valence-electron chi connectivity index (χ2n) is 5.21. The molecular formula is C17H15N3O4S. The summed E-state index contributed by atoms with van der Waals surface area (Å²) in [5.41, 5.74) is 1.89. The van der Waals surface area contributed by atoms with E-state index in [4.69, 9.17) is 9.26 Å². The molecule has 128 valence electrons. The van der Waals surface area contributed by atoms with E-state index in [2.05, 4.69) is 16.7 Å². The molecule has 3 rings (SSSR count). The first-order chi connectivity index (χ1) is 12.0. The second kappa shape index (κ2) is 6.86. The van der Waals surface area contributed by atoms with E-state index in [1.165, 1.54) is 24.5 Å². The number of hydrogen-bond acceptors (Lipinski definition) is 6. The van der Waals surface area contributed by atoms with E-state index in [0.29, 0.717) is 22.6 Å². The van der Waals surface area contributed by atoms with Crippen molar-refractivity contribution in [1.82, 2.24) is 9.72 Å². The number of carbonyl (C=O) groups is 2. The van der Waals surface area contributed by atoms with Gasteiger partial charge in [-0.05, 0) is 25.1 Å². The summed E-state index contributed by atoms with van der Waals surface area (Å²) in [7, 11) is 1.33. The third kappa shape index (κ3) is 3.29. The van der Waals surface area contributed by atoms with Crippen LogP contribution in [0.5, 0.6) is 0 Å². The summed E-state index contributed by atoms with van der Waals surface area (Å²) in [6.07, 6.45) is 1.71. The first-order valence-corrected chi connectivity index (χ1v) is 8.20. The standard InChI is InChI=1S/C17H15N3O4S/c1-4-7-20-12-6-5-11(16(22)23-3)9-14(12)25-17(20)18-15(21)13-8-10(2)19-24-13/h4-6,8-9H,1,7H2,2-3H3. The number of ether oxygens (including phenoxy) is 1. The Morgan fingerprint density at radius 2 is 2.24 bits per heavy atom. The minimum absolute atomic E-state index is 0.0790. The molecule has 3 aromatic rings. The van der Waals surface area contributed by atoms with Crippen molar-refractivity contribution in [3.63, 3.8) is 0 Å². The highest BCUT2D eigenvalue weighted by Gasteiger charge is 2.14. The average molecular weight is 357 g/mol. The molecule has 25 heavy (non-hydrogen) atoms. The summed E-state index contributed by atoms with van der Waals surface area (Å²) in [6, 6.07) is 6.72. The van der Waals surface area contributed by atoms with Crippen LogP contribution in [0.25, 0.3) is 10.2 Å². The fourth-order valence-corrected chi connectivity index (χ4v) is 3.39. The van der Waals surface area contributed by atoms with Crippen LogP contribution in [-0.4, -0.2) is 28.7 Å². The van der Waals surface area contributed by atoms with Crippen LogP contribution in [0.1, 0.15) is 26.6 Å². The molecule has 0 aliphatic heterocycles. The molecule has 0 aliphatic carbocycles. The molecule has 0 aliphatic rings. The molecule has 7 nitrogen and oxygen atoms in total. The highest BCUT2D eigenvalue weighted by atomic mass is 32.1. The van der Waals surface area contributed by atoms with Crippen LogP contribution in [0.4, 0.5) is 0 Å². The number of fused-ring (bicyclic) bond motifs is 1. The third-order valence-electron chi connectivity index (χ3n) is 3.45. The van der Waals surface area contributed by atoms with Gasteiger partial charge in [0.1, 0.15) is 0 Å². The first-order valence-electron chi connectivity index (χ1n) is 7.38. The van der Waals surface area contributed by atoms with Gasteiger partial charge >= 0.3 is 11.9 Å². The van der Waals surface area contributed by atoms with Crippen LogP contribution in [0, 0.1) is 6.92 Å². The predicted octanol–water partition coefficient (Wildman–Crippen LogP) is 2.71. The molecule has 1 amide bonds. The lowest BCUT2D eigenvalue weighted by Crippen LogP contribution is -2.16. The van der Waals surface area contributed by atoms with E-state index in [1.807, 2.05) is 4.57 Å². The Morgan fingerprint density at radius 3 is 2.88 bits per heavy atom. The SMILES string of the molecule is C=CCn1c(=NC(=O)c2cc(C)no2)sc2cc(C(=O)OC)ccc21. The number of aryl methyl sites for hydroxylation is 1. The lowest BCUT2D eigenvalue weighted by Gasteiger charge is -2.02. The summed E-state index contributed by atoms with van der Waals surface area (Å²) in [6.45, 7) is 5.94. The van der Waals surface area contributed by atoms with Crippen molar-refractivity contribution in [3.8, 4) is 0 Å². The summed E-state index contributed by atoms with van der Waals surface area (Å²) in [5.74, 6) is -0.856. The van der Waals surface area contributed by atoms with Gasteiger partial charge in [0.05, 0.1) is 28.6 Å². The number of rotatable bonds is 4. The number of aromatic nitrogens is 2. The van der Waals surface area contributed by atoms with Crippen LogP contribution >= 0.6 is 11.3 Å². The zero-order valence-corrected chi connectivity index (χ0v) is 14.5. The molecular weight excluding hydrogens is 342 g/mol. The smallest absolute Gasteiger partial charge is 0.337 e. The number of hydrogen-bond donors (Lipinski definition) is 0. The molecule has 1 aromatic carbocycles. The van der Waals surface area contributed by atoms with Crippen LogP contribution in [0.2, 0.25) is 0 Å². The number of esters is 1. The minimum Gasteiger partial charge on any atom is -0.465 e. The van der Waals surface area contributed by atoms with Gasteiger partial charge in [0, 0.05) is 12.6 Å². The Bertz CT molecular complexity index is 1040. The van der Waals surface area contributed by atoms with Crippen molar-refractivity contribution in [2.45, 2.75) is 13.5 Å². The topological polar surface area (TPSA) is 86.7 Å². The predicted molar refractivity (Wildman–Crippen MR) is 92.5 cm³/mol. The normalized spacial score (nSPS) is 11.7. The molecule has 0 unspecified atom stereocenters. The maximum atomic E-state index is 12.3. The quantitative estimate of drug-likeness (QED) is 0.529. The lowest BCUT2D eigenvalue weighted by molar-refractivity contribution is 0.0601. The summed E-state index contributed by atoms with van der Waals surface area (Å²) in [4.78, 5) is 28.6. The van der Waals surface area contributed by atoms with E-state index < -0.39 is 11.9 Å². The molecule has 0 N–H and O–H groups in total. The van der Waals surface area contributed by atoms with Crippen molar-refractivity contribution in [3.05, 3.63) is 58.7 Å². The molecule has 0 radical (unpaired) electrons. The van der Waals surface area contributed by atoms with Gasteiger partial charge < -0.3 is 13.8 Å². The Kier molecular flexibility index (Phi) is 4.62. The zero-order chi connectivity index (χ0) is 18.0. The van der Waals surface area contributed by atoms with Gasteiger partial charge in [-0.3, -0.25) is 4.79 Å². The molecule has 0 atom stereocenters. The van der Waals surface area contributed by atoms with Crippen LogP contribution in [-0.2, 0) is 11.3 Å². The fourth-order valence-electron chi connectivity index (χ4n) is 2.32. The van der Waals surface area contributed by atoms with Gasteiger partial charge in [-0.15, -0.1) is 6.58 Å². The van der Waals surface area contributed by atoms with Crippen LogP contribution in [0.15, 0.2) is 46.4 Å². The summed E-state index contributed by atoms with van der Waals surface area (Å²) < 4.78 is 12.4.